The Labute approximate surface area is 128 Å². The number of benzene rings is 1. The maximum atomic E-state index is 5.41. The van der Waals surface area contributed by atoms with Crippen LogP contribution in [0.2, 0.25) is 0 Å². The van der Waals surface area contributed by atoms with Crippen molar-refractivity contribution >= 4 is 23.6 Å². The summed E-state index contributed by atoms with van der Waals surface area (Å²) in [7, 11) is 4.06. The second kappa shape index (κ2) is 7.96. The van der Waals surface area contributed by atoms with E-state index in [9.17, 15) is 0 Å². The molecule has 0 spiro atoms. The summed E-state index contributed by atoms with van der Waals surface area (Å²) < 4.78 is 6.49. The molecular weight excluding hydrogens is 452 g/mol. The van der Waals surface area contributed by atoms with Crippen LogP contribution in [-0.4, -0.2) is 13.1 Å². The van der Waals surface area contributed by atoms with Gasteiger partial charge in [0, 0.05) is 0 Å². The van der Waals surface area contributed by atoms with Gasteiger partial charge in [-0.3, -0.25) is 0 Å². The van der Waals surface area contributed by atoms with E-state index in [0.717, 1.165) is 9.50 Å². The van der Waals surface area contributed by atoms with Crippen LogP contribution < -0.4 is 0 Å². The standard InChI is InChI=1S/C7H7Cl2N.C5H8N2.Pt/c8-10(9)6-7-4-2-1-3-5-7;1-6-3-4-7(2)5-6;/h1-5H,6H2;3-4H,1-2H3;. The molecule has 102 valence electrons. The van der Waals surface area contributed by atoms with Gasteiger partial charge in [0.1, 0.15) is 0 Å². The Hall–Kier alpha value is -0.342. The molecule has 1 heterocycles. The summed E-state index contributed by atoms with van der Waals surface area (Å²) in [4.78, 5) is 0. The van der Waals surface area contributed by atoms with Crippen LogP contribution in [-0.2, 0) is 40.0 Å². The van der Waals surface area contributed by atoms with Crippen molar-refractivity contribution in [3.63, 3.8) is 0 Å². The van der Waals surface area contributed by atoms with E-state index in [1.807, 2.05) is 56.8 Å². The van der Waals surface area contributed by atoms with Crippen LogP contribution in [0, 0.1) is 3.80 Å². The first kappa shape index (κ1) is 15.7. The van der Waals surface area contributed by atoms with Crippen molar-refractivity contribution in [2.24, 2.45) is 14.1 Å². The molecular formula is C12H15Cl2N3Pt. The van der Waals surface area contributed by atoms with Crippen molar-refractivity contribution in [1.82, 2.24) is 13.1 Å². The molecule has 6 heteroatoms. The van der Waals surface area contributed by atoms with Gasteiger partial charge in [0.25, 0.3) is 0 Å². The van der Waals surface area contributed by atoms with Crippen LogP contribution in [0.15, 0.2) is 42.7 Å². The zero-order valence-corrected chi connectivity index (χ0v) is 13.9. The van der Waals surface area contributed by atoms with Gasteiger partial charge in [0.05, 0.1) is 6.54 Å². The molecule has 0 saturated carbocycles. The number of rotatable bonds is 2. The number of aryl methyl sites for hydroxylation is 2. The Kier molecular flexibility index (Phi) is 6.95. The van der Waals surface area contributed by atoms with Crippen molar-refractivity contribution in [2.45, 2.75) is 6.54 Å². The molecule has 0 fully saturated rings. The van der Waals surface area contributed by atoms with Crippen molar-refractivity contribution in [3.8, 4) is 0 Å². The molecule has 0 unspecified atom stereocenters. The van der Waals surface area contributed by atoms with E-state index in [4.69, 9.17) is 23.6 Å². The van der Waals surface area contributed by atoms with Crippen molar-refractivity contribution in [2.75, 3.05) is 0 Å². The summed E-state index contributed by atoms with van der Waals surface area (Å²) in [5.74, 6) is 0. The van der Waals surface area contributed by atoms with Gasteiger partial charge in [-0.15, -0.1) is 3.94 Å². The van der Waals surface area contributed by atoms with Gasteiger partial charge in [-0.2, -0.15) is 0 Å². The maximum absolute atomic E-state index is 5.41. The minimum atomic E-state index is 0.559. The van der Waals surface area contributed by atoms with Gasteiger partial charge in [-0.05, 0) is 29.1 Å². The van der Waals surface area contributed by atoms with E-state index >= 15 is 0 Å². The van der Waals surface area contributed by atoms with Crippen LogP contribution in [0.3, 0.4) is 0 Å². The second-order valence-electron chi connectivity index (χ2n) is 3.71. The second-order valence-corrected chi connectivity index (χ2v) is 5.71. The molecule has 0 radical (unpaired) electrons. The summed E-state index contributed by atoms with van der Waals surface area (Å²) in [5, 5.41) is 0. The van der Waals surface area contributed by atoms with E-state index in [1.165, 1.54) is 3.80 Å². The molecule has 0 aliphatic carbocycles. The molecule has 2 rings (SSSR count). The summed E-state index contributed by atoms with van der Waals surface area (Å²) in [6.07, 6.45) is 4.06. The molecule has 0 amide bonds. The molecule has 0 aliphatic heterocycles. The fourth-order valence-corrected chi connectivity index (χ4v) is 1.90. The fourth-order valence-electron chi connectivity index (χ4n) is 1.28. The number of nitrogens with zero attached hydrogens (tertiary/aromatic N) is 3. The number of imidazole rings is 1. The third kappa shape index (κ3) is 5.53. The molecule has 3 nitrogen and oxygen atoms in total. The first-order valence-electron chi connectivity index (χ1n) is 5.27. The SMILES string of the molecule is ClN(Cl)Cc1ccccc1.Cn1ccn(C)[c]1=[Pt]. The third-order valence-electron chi connectivity index (χ3n) is 2.20. The van der Waals surface area contributed by atoms with E-state index in [2.05, 4.69) is 28.5 Å². The van der Waals surface area contributed by atoms with Crippen LogP contribution in [0.5, 0.6) is 0 Å². The van der Waals surface area contributed by atoms with Crippen molar-refractivity contribution in [1.29, 1.82) is 0 Å². The van der Waals surface area contributed by atoms with Crippen molar-refractivity contribution < 1.29 is 19.4 Å². The molecule has 2 aromatic rings. The topological polar surface area (TPSA) is 13.1 Å². The molecule has 0 bridgehead atoms. The average molecular weight is 467 g/mol. The quantitative estimate of drug-likeness (QED) is 0.619. The van der Waals surface area contributed by atoms with Crippen LogP contribution in [0.4, 0.5) is 0 Å². The fraction of sp³-hybridized carbons (Fsp3) is 0.250. The average Bonchev–Trinajstić information content (AvgIpc) is 2.62. The number of halogens is 2. The Morgan fingerprint density at radius 1 is 1.06 bits per heavy atom. The summed E-state index contributed by atoms with van der Waals surface area (Å²) in [5.41, 5.74) is 1.10. The summed E-state index contributed by atoms with van der Waals surface area (Å²) in [6, 6.07) is 9.80. The molecule has 0 N–H and O–H groups in total. The van der Waals surface area contributed by atoms with Gasteiger partial charge in [-0.25, -0.2) is 0 Å². The number of hydrogen-bond donors (Lipinski definition) is 0. The molecule has 0 saturated heterocycles. The van der Waals surface area contributed by atoms with Crippen LogP contribution >= 0.6 is 23.6 Å². The Balaban J connectivity index is 0.000000184. The zero-order valence-electron chi connectivity index (χ0n) is 10.2. The summed E-state index contributed by atoms with van der Waals surface area (Å²) >= 11 is 13.1. The molecule has 1 aromatic heterocycles. The Bertz CT molecular complexity index is 497. The van der Waals surface area contributed by atoms with E-state index < -0.39 is 0 Å². The minimum absolute atomic E-state index is 0.559. The van der Waals surface area contributed by atoms with Crippen molar-refractivity contribution in [3.05, 3.63) is 52.1 Å². The van der Waals surface area contributed by atoms with E-state index in [-0.39, 0.29) is 0 Å². The van der Waals surface area contributed by atoms with Gasteiger partial charge in [-0.1, -0.05) is 30.3 Å². The van der Waals surface area contributed by atoms with Crippen LogP contribution in [0.1, 0.15) is 5.56 Å². The molecule has 0 atom stereocenters. The molecule has 1 aromatic carbocycles. The van der Waals surface area contributed by atoms with Gasteiger partial charge >= 0.3 is 58.8 Å². The third-order valence-corrected chi connectivity index (χ3v) is 4.04. The predicted molar refractivity (Wildman–Crippen MR) is 71.3 cm³/mol. The zero-order chi connectivity index (χ0) is 13.5. The van der Waals surface area contributed by atoms with Crippen LogP contribution in [0.25, 0.3) is 0 Å². The predicted octanol–water partition coefficient (Wildman–Crippen LogP) is 3.24. The normalized spacial score (nSPS) is 10.2. The first-order valence-corrected chi connectivity index (χ1v) is 7.08. The number of hydrogen-bond acceptors (Lipinski definition) is 1. The van der Waals surface area contributed by atoms with E-state index in [0.29, 0.717) is 6.54 Å². The van der Waals surface area contributed by atoms with Gasteiger partial charge < -0.3 is 0 Å². The van der Waals surface area contributed by atoms with E-state index in [1.54, 1.807) is 0 Å². The Morgan fingerprint density at radius 2 is 1.56 bits per heavy atom. The molecule has 18 heavy (non-hydrogen) atoms. The van der Waals surface area contributed by atoms with Gasteiger partial charge in [0.15, 0.2) is 0 Å². The van der Waals surface area contributed by atoms with Gasteiger partial charge in [0.2, 0.25) is 0 Å². The molecule has 0 aliphatic rings. The number of aromatic nitrogens is 2. The first-order chi connectivity index (χ1) is 8.50. The monoisotopic (exact) mass is 466 g/mol. The Morgan fingerprint density at radius 3 is 1.89 bits per heavy atom. The summed E-state index contributed by atoms with van der Waals surface area (Å²) in [6.45, 7) is 0.559.